The number of aromatic nitrogens is 2. The van der Waals surface area contributed by atoms with E-state index in [1.165, 1.54) is 17.7 Å². The molecule has 0 fully saturated rings. The molecule has 1 amide bonds. The first kappa shape index (κ1) is 16.8. The fourth-order valence-electron chi connectivity index (χ4n) is 1.90. The van der Waals surface area contributed by atoms with Gasteiger partial charge in [0.1, 0.15) is 6.04 Å². The first-order valence-electron chi connectivity index (χ1n) is 6.55. The molecule has 1 atom stereocenters. The van der Waals surface area contributed by atoms with Crippen LogP contribution in [0.1, 0.15) is 16.9 Å². The minimum absolute atomic E-state index is 0.0750. The Kier molecular flexibility index (Phi) is 5.17. The Morgan fingerprint density at radius 3 is 2.70 bits per heavy atom. The van der Waals surface area contributed by atoms with Crippen molar-refractivity contribution < 1.29 is 23.9 Å². The molecule has 0 spiro atoms. The van der Waals surface area contributed by atoms with Gasteiger partial charge in [-0.3, -0.25) is 9.59 Å². The molecule has 0 radical (unpaired) electrons. The second-order valence-corrected chi connectivity index (χ2v) is 5.01. The highest BCUT2D eigenvalue weighted by Gasteiger charge is 2.26. The van der Waals surface area contributed by atoms with Crippen LogP contribution in [0.25, 0.3) is 5.52 Å². The lowest BCUT2D eigenvalue weighted by molar-refractivity contribution is -0.149. The lowest BCUT2D eigenvalue weighted by Crippen LogP contribution is -2.43. The minimum Gasteiger partial charge on any atom is -0.469 e. The number of nitrogens with zero attached hydrogens (tertiary/aromatic N) is 2. The molecule has 0 aromatic carbocycles. The van der Waals surface area contributed by atoms with Crippen LogP contribution in [0.3, 0.4) is 0 Å². The minimum atomic E-state index is -1.16. The van der Waals surface area contributed by atoms with Crippen LogP contribution in [0, 0.1) is 0 Å². The molecule has 1 N–H and O–H groups in total. The first-order chi connectivity index (χ1) is 10.9. The number of fused-ring (bicyclic) bond motifs is 1. The summed E-state index contributed by atoms with van der Waals surface area (Å²) in [7, 11) is 2.34. The maximum atomic E-state index is 12.2. The van der Waals surface area contributed by atoms with Crippen LogP contribution in [0.2, 0.25) is 5.02 Å². The molecule has 2 aromatic heterocycles. The zero-order valence-corrected chi connectivity index (χ0v) is 13.2. The third-order valence-electron chi connectivity index (χ3n) is 3.05. The third-order valence-corrected chi connectivity index (χ3v) is 3.28. The number of halogens is 1. The topological polar surface area (TPSA) is 99.0 Å². The number of amides is 1. The summed E-state index contributed by atoms with van der Waals surface area (Å²) in [4.78, 5) is 35.2. The number of nitrogens with one attached hydrogen (secondary N) is 1. The molecule has 9 heteroatoms. The van der Waals surface area contributed by atoms with Crippen molar-refractivity contribution in [3.05, 3.63) is 35.1 Å². The molecule has 0 aliphatic carbocycles. The average Bonchev–Trinajstić information content (AvgIpc) is 2.96. The number of esters is 2. The Hall–Kier alpha value is -2.61. The van der Waals surface area contributed by atoms with Gasteiger partial charge in [0.05, 0.1) is 26.2 Å². The summed E-state index contributed by atoms with van der Waals surface area (Å²) >= 11 is 5.87. The molecule has 0 bridgehead atoms. The van der Waals surface area contributed by atoms with Crippen molar-refractivity contribution in [2.75, 3.05) is 14.2 Å². The van der Waals surface area contributed by atoms with E-state index in [0.717, 1.165) is 7.11 Å². The summed E-state index contributed by atoms with van der Waals surface area (Å²) in [6, 6.07) is 3.61. The number of carbonyl (C=O) groups is 3. The molecular formula is C14H14ClN3O5. The molecule has 0 aliphatic rings. The van der Waals surface area contributed by atoms with E-state index in [4.69, 9.17) is 11.6 Å². The Balaban J connectivity index is 2.18. The van der Waals surface area contributed by atoms with Crippen molar-refractivity contribution in [3.63, 3.8) is 0 Å². The highest BCUT2D eigenvalue weighted by atomic mass is 35.5. The van der Waals surface area contributed by atoms with Gasteiger partial charge in [0.25, 0.3) is 5.91 Å². The number of methoxy groups -OCH3 is 2. The summed E-state index contributed by atoms with van der Waals surface area (Å²) in [5.74, 6) is -2.03. The zero-order valence-electron chi connectivity index (χ0n) is 12.4. The normalized spacial score (nSPS) is 11.8. The molecule has 23 heavy (non-hydrogen) atoms. The predicted molar refractivity (Wildman–Crippen MR) is 80.1 cm³/mol. The van der Waals surface area contributed by atoms with Crippen molar-refractivity contribution >= 4 is 35.0 Å². The lowest BCUT2D eigenvalue weighted by atomic mass is 10.2. The molecular weight excluding hydrogens is 326 g/mol. The Labute approximate surface area is 136 Å². The number of hydrogen-bond donors (Lipinski definition) is 1. The van der Waals surface area contributed by atoms with Crippen LogP contribution in [0.15, 0.2) is 24.4 Å². The molecule has 0 unspecified atom stereocenters. The quantitative estimate of drug-likeness (QED) is 0.810. The third kappa shape index (κ3) is 3.98. The molecule has 0 aliphatic heterocycles. The molecule has 2 heterocycles. The summed E-state index contributed by atoms with van der Waals surface area (Å²) in [6.45, 7) is 0. The summed E-state index contributed by atoms with van der Waals surface area (Å²) in [6.07, 6.45) is 1.26. The van der Waals surface area contributed by atoms with Crippen molar-refractivity contribution in [3.8, 4) is 0 Å². The summed E-state index contributed by atoms with van der Waals surface area (Å²) in [5, 5.41) is 6.97. The number of ether oxygens (including phenoxy) is 2. The van der Waals surface area contributed by atoms with E-state index in [-0.39, 0.29) is 12.1 Å². The van der Waals surface area contributed by atoms with E-state index < -0.39 is 23.9 Å². The van der Waals surface area contributed by atoms with E-state index in [2.05, 4.69) is 19.9 Å². The summed E-state index contributed by atoms with van der Waals surface area (Å²) < 4.78 is 10.5. The van der Waals surface area contributed by atoms with Crippen LogP contribution in [-0.4, -0.2) is 47.7 Å². The maximum Gasteiger partial charge on any atom is 0.328 e. The molecule has 2 rings (SSSR count). The van der Waals surface area contributed by atoms with Gasteiger partial charge in [-0.2, -0.15) is 5.10 Å². The molecule has 122 valence electrons. The van der Waals surface area contributed by atoms with E-state index in [1.54, 1.807) is 18.3 Å². The van der Waals surface area contributed by atoms with Gasteiger partial charge in [-0.15, -0.1) is 0 Å². The van der Waals surface area contributed by atoms with Gasteiger partial charge in [-0.05, 0) is 18.2 Å². The van der Waals surface area contributed by atoms with E-state index in [1.807, 2.05) is 0 Å². The fourth-order valence-corrected chi connectivity index (χ4v) is 2.06. The van der Waals surface area contributed by atoms with Crippen LogP contribution >= 0.6 is 11.6 Å². The Morgan fingerprint density at radius 1 is 1.30 bits per heavy atom. The molecule has 8 nitrogen and oxygen atoms in total. The van der Waals surface area contributed by atoms with Crippen molar-refractivity contribution in [1.82, 2.24) is 14.9 Å². The first-order valence-corrected chi connectivity index (χ1v) is 6.93. The highest BCUT2D eigenvalue weighted by Crippen LogP contribution is 2.13. The zero-order chi connectivity index (χ0) is 17.0. The molecule has 0 saturated carbocycles. The van der Waals surface area contributed by atoms with Gasteiger partial charge in [0, 0.05) is 11.2 Å². The Bertz CT molecular complexity index is 758. The SMILES string of the molecule is COC(=O)C[C@H](NC(=O)c1cc2cc(Cl)ccn2n1)C(=O)OC. The van der Waals surface area contributed by atoms with Gasteiger partial charge in [0.15, 0.2) is 5.69 Å². The van der Waals surface area contributed by atoms with Gasteiger partial charge in [-0.25, -0.2) is 9.31 Å². The second kappa shape index (κ2) is 7.10. The highest BCUT2D eigenvalue weighted by molar-refractivity contribution is 6.30. The number of hydrogen-bond acceptors (Lipinski definition) is 6. The van der Waals surface area contributed by atoms with Crippen LogP contribution in [0.5, 0.6) is 0 Å². The molecule has 2 aromatic rings. The Morgan fingerprint density at radius 2 is 2.04 bits per heavy atom. The van der Waals surface area contributed by atoms with E-state index in [0.29, 0.717) is 10.5 Å². The fraction of sp³-hybridized carbons (Fsp3) is 0.286. The number of carbonyl (C=O) groups excluding carboxylic acids is 3. The van der Waals surface area contributed by atoms with Gasteiger partial charge in [0.2, 0.25) is 0 Å². The van der Waals surface area contributed by atoms with Crippen molar-refractivity contribution in [1.29, 1.82) is 0 Å². The van der Waals surface area contributed by atoms with Gasteiger partial charge in [-0.1, -0.05) is 11.6 Å². The lowest BCUT2D eigenvalue weighted by Gasteiger charge is -2.14. The van der Waals surface area contributed by atoms with Gasteiger partial charge < -0.3 is 14.8 Å². The van der Waals surface area contributed by atoms with Crippen LogP contribution in [0.4, 0.5) is 0 Å². The van der Waals surface area contributed by atoms with Crippen LogP contribution in [-0.2, 0) is 19.1 Å². The maximum absolute atomic E-state index is 12.2. The van der Waals surface area contributed by atoms with Gasteiger partial charge >= 0.3 is 11.9 Å². The monoisotopic (exact) mass is 339 g/mol. The summed E-state index contributed by atoms with van der Waals surface area (Å²) in [5.41, 5.74) is 0.691. The largest absolute Gasteiger partial charge is 0.469 e. The average molecular weight is 340 g/mol. The van der Waals surface area contributed by atoms with E-state index >= 15 is 0 Å². The van der Waals surface area contributed by atoms with Crippen molar-refractivity contribution in [2.45, 2.75) is 12.5 Å². The van der Waals surface area contributed by atoms with E-state index in [9.17, 15) is 14.4 Å². The smallest absolute Gasteiger partial charge is 0.328 e. The van der Waals surface area contributed by atoms with Crippen LogP contribution < -0.4 is 5.32 Å². The number of rotatable bonds is 5. The predicted octanol–water partition coefficient (Wildman–Crippen LogP) is 0.822. The second-order valence-electron chi connectivity index (χ2n) is 4.57. The standard InChI is InChI=1S/C14H14ClN3O5/c1-22-12(19)7-11(14(21)23-2)16-13(20)10-6-9-5-8(15)3-4-18(9)17-10/h3-6,11H,7H2,1-2H3,(H,16,20)/t11-/m0/s1. The molecule has 0 saturated heterocycles. The number of pyridine rings is 1. The van der Waals surface area contributed by atoms with Crippen molar-refractivity contribution in [2.24, 2.45) is 0 Å².